The highest BCUT2D eigenvalue weighted by Gasteiger charge is 2.46. The predicted octanol–water partition coefficient (Wildman–Crippen LogP) is 4.55. The Kier molecular flexibility index (Phi) is 7.17. The number of hydrogen-bond donors (Lipinski definition) is 0. The highest BCUT2D eigenvalue weighted by molar-refractivity contribution is 5.79. The quantitative estimate of drug-likeness (QED) is 0.518. The molecular formula is C32H41N3O3. The standard InChI is InChI=1S/C32H41N3O3/c1-38-28-11-9-25(10-12-28)19-35-23-32(18-31(35)37)13-15-33(16-14-32)20-27-21-34(30(36)17-24-7-8-24)22-29(27)26-5-3-2-4-6-26/h2-6,9-12,24,27,29H,7-8,13-23H2,1H3/t27-,29+/m0/s1. The van der Waals surface area contributed by atoms with Crippen molar-refractivity contribution in [3.63, 3.8) is 0 Å². The Morgan fingerprint density at radius 3 is 2.42 bits per heavy atom. The lowest BCUT2D eigenvalue weighted by Crippen LogP contribution is -2.44. The minimum Gasteiger partial charge on any atom is -0.497 e. The molecule has 1 spiro atoms. The average molecular weight is 516 g/mol. The van der Waals surface area contributed by atoms with Gasteiger partial charge in [-0.15, -0.1) is 0 Å². The second-order valence-corrected chi connectivity index (χ2v) is 12.3. The maximum atomic E-state index is 13.0. The molecule has 0 unspecified atom stereocenters. The number of piperidine rings is 1. The van der Waals surface area contributed by atoms with Gasteiger partial charge in [0.15, 0.2) is 0 Å². The zero-order valence-electron chi connectivity index (χ0n) is 22.7. The molecule has 0 radical (unpaired) electrons. The van der Waals surface area contributed by atoms with E-state index >= 15 is 0 Å². The fourth-order valence-electron chi connectivity index (χ4n) is 6.99. The van der Waals surface area contributed by atoms with Gasteiger partial charge in [-0.25, -0.2) is 0 Å². The van der Waals surface area contributed by atoms with E-state index in [4.69, 9.17) is 4.74 Å². The van der Waals surface area contributed by atoms with Crippen molar-refractivity contribution in [1.29, 1.82) is 0 Å². The van der Waals surface area contributed by atoms with E-state index in [-0.39, 0.29) is 5.41 Å². The fourth-order valence-corrected chi connectivity index (χ4v) is 6.99. The molecule has 38 heavy (non-hydrogen) atoms. The summed E-state index contributed by atoms with van der Waals surface area (Å²) in [6.45, 7) is 6.39. The summed E-state index contributed by atoms with van der Waals surface area (Å²) >= 11 is 0. The van der Waals surface area contributed by atoms with Gasteiger partial charge in [0, 0.05) is 51.5 Å². The van der Waals surface area contributed by atoms with Gasteiger partial charge in [0.2, 0.25) is 11.8 Å². The van der Waals surface area contributed by atoms with Crippen LogP contribution in [0.1, 0.15) is 55.6 Å². The minimum absolute atomic E-state index is 0.112. The molecular weight excluding hydrogens is 474 g/mol. The van der Waals surface area contributed by atoms with Crippen LogP contribution < -0.4 is 4.74 Å². The highest BCUT2D eigenvalue weighted by atomic mass is 16.5. The predicted molar refractivity (Wildman–Crippen MR) is 148 cm³/mol. The van der Waals surface area contributed by atoms with E-state index in [0.717, 1.165) is 69.8 Å². The third-order valence-electron chi connectivity index (χ3n) is 9.53. The number of hydrogen-bond acceptors (Lipinski definition) is 4. The first-order valence-corrected chi connectivity index (χ1v) is 14.5. The van der Waals surface area contributed by atoms with Crippen LogP contribution in [0.4, 0.5) is 0 Å². The van der Waals surface area contributed by atoms with Crippen LogP contribution >= 0.6 is 0 Å². The Morgan fingerprint density at radius 1 is 1.00 bits per heavy atom. The van der Waals surface area contributed by atoms with Gasteiger partial charge in [-0.2, -0.15) is 0 Å². The minimum atomic E-state index is 0.112. The fraction of sp³-hybridized carbons (Fsp3) is 0.562. The third kappa shape index (κ3) is 5.61. The molecule has 3 saturated heterocycles. The monoisotopic (exact) mass is 515 g/mol. The number of amides is 2. The van der Waals surface area contributed by atoms with Crippen molar-refractivity contribution in [1.82, 2.24) is 14.7 Å². The molecule has 1 aliphatic carbocycles. The second-order valence-electron chi connectivity index (χ2n) is 12.3. The molecule has 1 saturated carbocycles. The van der Waals surface area contributed by atoms with Gasteiger partial charge in [0.25, 0.3) is 0 Å². The molecule has 2 atom stereocenters. The van der Waals surface area contributed by atoms with E-state index in [9.17, 15) is 9.59 Å². The van der Waals surface area contributed by atoms with Gasteiger partial charge in [0.05, 0.1) is 7.11 Å². The van der Waals surface area contributed by atoms with Crippen molar-refractivity contribution in [3.05, 3.63) is 65.7 Å². The van der Waals surface area contributed by atoms with Crippen molar-refractivity contribution < 1.29 is 14.3 Å². The lowest BCUT2D eigenvalue weighted by molar-refractivity contribution is -0.130. The lowest BCUT2D eigenvalue weighted by atomic mass is 9.77. The van der Waals surface area contributed by atoms with Gasteiger partial charge in [0.1, 0.15) is 5.75 Å². The number of methoxy groups -OCH3 is 1. The molecule has 0 bridgehead atoms. The Morgan fingerprint density at radius 2 is 1.74 bits per heavy atom. The summed E-state index contributed by atoms with van der Waals surface area (Å²) in [6, 6.07) is 18.9. The summed E-state index contributed by atoms with van der Waals surface area (Å²) < 4.78 is 5.27. The van der Waals surface area contributed by atoms with Crippen LogP contribution in [0.5, 0.6) is 5.75 Å². The zero-order valence-corrected chi connectivity index (χ0v) is 22.7. The van der Waals surface area contributed by atoms with Gasteiger partial charge >= 0.3 is 0 Å². The van der Waals surface area contributed by atoms with Gasteiger partial charge in [-0.3, -0.25) is 9.59 Å². The first-order valence-electron chi connectivity index (χ1n) is 14.5. The zero-order chi connectivity index (χ0) is 26.1. The number of nitrogens with zero attached hydrogens (tertiary/aromatic N) is 3. The lowest BCUT2D eigenvalue weighted by Gasteiger charge is -2.40. The van der Waals surface area contributed by atoms with E-state index in [1.54, 1.807) is 7.11 Å². The van der Waals surface area contributed by atoms with Gasteiger partial charge in [-0.1, -0.05) is 42.5 Å². The van der Waals surface area contributed by atoms with Crippen LogP contribution in [0.15, 0.2) is 54.6 Å². The normalized spacial score (nSPS) is 25.3. The SMILES string of the molecule is COc1ccc(CN2CC3(CCN(C[C@H]4CN(C(=O)CC5CC5)C[C@@H]4c4ccccc4)CC3)CC2=O)cc1. The molecule has 6 rings (SSSR count). The van der Waals surface area contributed by atoms with Crippen LogP contribution in [0, 0.1) is 17.3 Å². The van der Waals surface area contributed by atoms with Crippen LogP contribution in [-0.2, 0) is 16.1 Å². The number of likely N-dealkylation sites (tertiary alicyclic amines) is 3. The van der Waals surface area contributed by atoms with Gasteiger partial charge in [-0.05, 0) is 79.3 Å². The summed E-state index contributed by atoms with van der Waals surface area (Å²) in [5.74, 6) is 2.99. The maximum absolute atomic E-state index is 13.0. The summed E-state index contributed by atoms with van der Waals surface area (Å²) in [5, 5.41) is 0. The summed E-state index contributed by atoms with van der Waals surface area (Å²) in [5.41, 5.74) is 2.63. The Bertz CT molecular complexity index is 1120. The molecule has 6 heteroatoms. The van der Waals surface area contributed by atoms with Crippen molar-refractivity contribution in [2.75, 3.05) is 46.4 Å². The van der Waals surface area contributed by atoms with Crippen molar-refractivity contribution in [2.45, 2.75) is 51.0 Å². The smallest absolute Gasteiger partial charge is 0.223 e. The van der Waals surface area contributed by atoms with Gasteiger partial charge < -0.3 is 19.4 Å². The molecule has 4 fully saturated rings. The van der Waals surface area contributed by atoms with E-state index in [1.807, 2.05) is 12.1 Å². The molecule has 3 heterocycles. The number of carbonyl (C=O) groups excluding carboxylic acids is 2. The number of rotatable bonds is 8. The van der Waals surface area contributed by atoms with E-state index < -0.39 is 0 Å². The molecule has 2 aromatic carbocycles. The van der Waals surface area contributed by atoms with Crippen LogP contribution in [0.25, 0.3) is 0 Å². The van der Waals surface area contributed by atoms with E-state index in [1.165, 1.54) is 18.4 Å². The van der Waals surface area contributed by atoms with Crippen LogP contribution in [-0.4, -0.2) is 72.9 Å². The molecule has 0 aromatic heterocycles. The molecule has 2 aromatic rings. The topological polar surface area (TPSA) is 53.1 Å². The maximum Gasteiger partial charge on any atom is 0.223 e. The Balaban J connectivity index is 1.06. The highest BCUT2D eigenvalue weighted by Crippen LogP contribution is 2.43. The molecule has 3 aliphatic heterocycles. The van der Waals surface area contributed by atoms with E-state index in [0.29, 0.717) is 42.5 Å². The molecule has 4 aliphatic rings. The van der Waals surface area contributed by atoms with Crippen molar-refractivity contribution >= 4 is 11.8 Å². The molecule has 6 nitrogen and oxygen atoms in total. The number of ether oxygens (including phenoxy) is 1. The first-order chi connectivity index (χ1) is 18.5. The average Bonchev–Trinajstić information content (AvgIpc) is 3.57. The largest absolute Gasteiger partial charge is 0.497 e. The van der Waals surface area contributed by atoms with E-state index in [2.05, 4.69) is 57.2 Å². The number of benzene rings is 2. The van der Waals surface area contributed by atoms with Crippen LogP contribution in [0.3, 0.4) is 0 Å². The third-order valence-corrected chi connectivity index (χ3v) is 9.53. The van der Waals surface area contributed by atoms with Crippen molar-refractivity contribution in [3.8, 4) is 5.75 Å². The Hall–Kier alpha value is -2.86. The second kappa shape index (κ2) is 10.7. The summed E-state index contributed by atoms with van der Waals surface area (Å²) in [4.78, 5) is 32.8. The Labute approximate surface area is 226 Å². The summed E-state index contributed by atoms with van der Waals surface area (Å²) in [7, 11) is 1.67. The summed E-state index contributed by atoms with van der Waals surface area (Å²) in [6.07, 6.45) is 6.01. The molecule has 0 N–H and O–H groups in total. The van der Waals surface area contributed by atoms with Crippen molar-refractivity contribution in [2.24, 2.45) is 17.3 Å². The van der Waals surface area contributed by atoms with Crippen LogP contribution in [0.2, 0.25) is 0 Å². The number of carbonyl (C=O) groups is 2. The molecule has 2 amide bonds. The molecule has 202 valence electrons. The first kappa shape index (κ1) is 25.4.